The van der Waals surface area contributed by atoms with Crippen molar-refractivity contribution in [2.24, 2.45) is 0 Å². The van der Waals surface area contributed by atoms with Crippen LogP contribution in [0.5, 0.6) is 5.75 Å². The molecule has 2 aromatic carbocycles. The number of ether oxygens (including phenoxy) is 1. The van der Waals surface area contributed by atoms with Gasteiger partial charge in [0, 0.05) is 23.5 Å². The Morgan fingerprint density at radius 2 is 1.62 bits per heavy atom. The summed E-state index contributed by atoms with van der Waals surface area (Å²) in [5.41, 5.74) is 1.30. The van der Waals surface area contributed by atoms with Gasteiger partial charge < -0.3 is 4.74 Å². The quantitative estimate of drug-likeness (QED) is 0.426. The van der Waals surface area contributed by atoms with E-state index in [9.17, 15) is 21.6 Å². The summed E-state index contributed by atoms with van der Waals surface area (Å²) in [6, 6.07) is 12.9. The molecule has 0 saturated carbocycles. The van der Waals surface area contributed by atoms with E-state index in [-0.39, 0.29) is 0 Å². The number of pyridine rings is 1. The molecule has 0 aliphatic heterocycles. The minimum absolute atomic E-state index is 0.391. The van der Waals surface area contributed by atoms with Crippen molar-refractivity contribution in [3.8, 4) is 28.0 Å². The van der Waals surface area contributed by atoms with E-state index in [4.69, 9.17) is 4.74 Å². The highest BCUT2D eigenvalue weighted by Gasteiger charge is 2.37. The first-order valence-electron chi connectivity index (χ1n) is 9.26. The van der Waals surface area contributed by atoms with Gasteiger partial charge in [0.2, 0.25) is 0 Å². The van der Waals surface area contributed by atoms with Crippen molar-refractivity contribution in [1.82, 2.24) is 14.2 Å². The standard InChI is InChI=1S/C22H16F3N3O3S/c1-31-19-10-16(15-5-4-8-26-12-15)9-17(11-19)18-13-27-28(14-18)32(29,30)21-7-3-2-6-20(21)22(23,24)25/h2-14H,1H3. The van der Waals surface area contributed by atoms with Crippen LogP contribution in [0.2, 0.25) is 0 Å². The molecule has 0 amide bonds. The Hall–Kier alpha value is -3.66. The highest BCUT2D eigenvalue weighted by Crippen LogP contribution is 2.35. The lowest BCUT2D eigenvalue weighted by Crippen LogP contribution is -2.19. The van der Waals surface area contributed by atoms with Crippen LogP contribution in [0, 0.1) is 0 Å². The summed E-state index contributed by atoms with van der Waals surface area (Å²) in [5, 5.41) is 3.83. The fourth-order valence-electron chi connectivity index (χ4n) is 3.20. The van der Waals surface area contributed by atoms with Crippen LogP contribution in [0.1, 0.15) is 5.56 Å². The molecular weight excluding hydrogens is 443 g/mol. The van der Waals surface area contributed by atoms with Gasteiger partial charge >= 0.3 is 6.18 Å². The van der Waals surface area contributed by atoms with Gasteiger partial charge in [0.1, 0.15) is 10.6 Å². The molecule has 0 atom stereocenters. The van der Waals surface area contributed by atoms with Gasteiger partial charge in [-0.3, -0.25) is 4.98 Å². The number of halogens is 3. The lowest BCUT2D eigenvalue weighted by atomic mass is 10.0. The second-order valence-electron chi connectivity index (χ2n) is 6.79. The minimum atomic E-state index is -4.83. The first-order chi connectivity index (χ1) is 15.2. The largest absolute Gasteiger partial charge is 0.497 e. The summed E-state index contributed by atoms with van der Waals surface area (Å²) >= 11 is 0. The molecule has 0 spiro atoms. The number of hydrogen-bond acceptors (Lipinski definition) is 5. The molecule has 6 nitrogen and oxygen atoms in total. The van der Waals surface area contributed by atoms with E-state index in [2.05, 4.69) is 10.1 Å². The van der Waals surface area contributed by atoms with Crippen molar-refractivity contribution in [1.29, 1.82) is 0 Å². The van der Waals surface area contributed by atoms with Gasteiger partial charge in [-0.15, -0.1) is 0 Å². The molecule has 164 valence electrons. The topological polar surface area (TPSA) is 74.1 Å². The van der Waals surface area contributed by atoms with Crippen molar-refractivity contribution >= 4 is 10.0 Å². The molecule has 0 saturated heterocycles. The molecular formula is C22H16F3N3O3S. The monoisotopic (exact) mass is 459 g/mol. The lowest BCUT2D eigenvalue weighted by Gasteiger charge is -2.12. The Balaban J connectivity index is 1.79. The van der Waals surface area contributed by atoms with E-state index < -0.39 is 26.7 Å². The third kappa shape index (κ3) is 4.09. The summed E-state index contributed by atoms with van der Waals surface area (Å²) in [5.74, 6) is 0.513. The van der Waals surface area contributed by atoms with Crippen LogP contribution >= 0.6 is 0 Å². The van der Waals surface area contributed by atoms with E-state index in [1.54, 1.807) is 36.7 Å². The smallest absolute Gasteiger partial charge is 0.417 e. The van der Waals surface area contributed by atoms with Crippen LogP contribution in [0.25, 0.3) is 22.3 Å². The summed E-state index contributed by atoms with van der Waals surface area (Å²) < 4.78 is 71.8. The zero-order chi connectivity index (χ0) is 22.9. The van der Waals surface area contributed by atoms with Crippen LogP contribution in [0.3, 0.4) is 0 Å². The van der Waals surface area contributed by atoms with Crippen molar-refractivity contribution < 1.29 is 26.3 Å². The number of hydrogen-bond donors (Lipinski definition) is 0. The summed E-state index contributed by atoms with van der Waals surface area (Å²) in [6.07, 6.45) is 0.920. The van der Waals surface area contributed by atoms with Crippen molar-refractivity contribution in [2.75, 3.05) is 7.11 Å². The van der Waals surface area contributed by atoms with E-state index in [0.29, 0.717) is 21.0 Å². The number of rotatable bonds is 5. The third-order valence-corrected chi connectivity index (χ3v) is 6.35. The Labute approximate surface area is 182 Å². The zero-order valence-corrected chi connectivity index (χ0v) is 17.4. The Kier molecular flexibility index (Phi) is 5.47. The second-order valence-corrected chi connectivity index (χ2v) is 8.56. The molecule has 32 heavy (non-hydrogen) atoms. The van der Waals surface area contributed by atoms with Crippen LogP contribution in [0.15, 0.2) is 84.3 Å². The molecule has 0 aliphatic rings. The maximum atomic E-state index is 13.3. The van der Waals surface area contributed by atoms with E-state index in [0.717, 1.165) is 29.3 Å². The molecule has 0 radical (unpaired) electrons. The number of benzene rings is 2. The van der Waals surface area contributed by atoms with Gasteiger partial charge in [-0.2, -0.15) is 30.8 Å². The fourth-order valence-corrected chi connectivity index (χ4v) is 4.53. The molecule has 0 bridgehead atoms. The molecule has 0 unspecified atom stereocenters. The summed E-state index contributed by atoms with van der Waals surface area (Å²) in [7, 11) is -3.08. The first-order valence-corrected chi connectivity index (χ1v) is 10.7. The van der Waals surface area contributed by atoms with Crippen molar-refractivity contribution in [3.05, 3.63) is 84.9 Å². The average molecular weight is 459 g/mol. The zero-order valence-electron chi connectivity index (χ0n) is 16.6. The molecule has 0 N–H and O–H groups in total. The van der Waals surface area contributed by atoms with Crippen LogP contribution < -0.4 is 4.74 Å². The Bertz CT molecular complexity index is 1370. The van der Waals surface area contributed by atoms with E-state index in [1.807, 2.05) is 6.07 Å². The van der Waals surface area contributed by atoms with Gasteiger partial charge in [-0.05, 0) is 47.5 Å². The first kappa shape index (κ1) is 21.6. The number of alkyl halides is 3. The summed E-state index contributed by atoms with van der Waals surface area (Å²) in [4.78, 5) is 3.22. The predicted octanol–water partition coefficient (Wildman–Crippen LogP) is 4.88. The number of methoxy groups -OCH3 is 1. The van der Waals surface area contributed by atoms with Gasteiger partial charge in [0.25, 0.3) is 10.0 Å². The highest BCUT2D eigenvalue weighted by molar-refractivity contribution is 7.89. The SMILES string of the molecule is COc1cc(-c2cccnc2)cc(-c2cnn(S(=O)(=O)c3ccccc3C(F)(F)F)c2)c1. The minimum Gasteiger partial charge on any atom is -0.497 e. The number of aromatic nitrogens is 3. The molecule has 2 aromatic heterocycles. The normalized spacial score (nSPS) is 12.0. The molecule has 0 fully saturated rings. The maximum absolute atomic E-state index is 13.3. The molecule has 2 heterocycles. The Morgan fingerprint density at radius 1 is 0.906 bits per heavy atom. The fraction of sp³-hybridized carbons (Fsp3) is 0.0909. The van der Waals surface area contributed by atoms with Gasteiger partial charge in [0.15, 0.2) is 0 Å². The van der Waals surface area contributed by atoms with Crippen molar-refractivity contribution in [3.63, 3.8) is 0 Å². The molecule has 10 heteroatoms. The molecule has 4 aromatic rings. The van der Waals surface area contributed by atoms with Crippen molar-refractivity contribution in [2.45, 2.75) is 11.1 Å². The highest BCUT2D eigenvalue weighted by atomic mass is 32.2. The van der Waals surface area contributed by atoms with E-state index >= 15 is 0 Å². The number of nitrogens with zero attached hydrogens (tertiary/aromatic N) is 3. The summed E-state index contributed by atoms with van der Waals surface area (Å²) in [6.45, 7) is 0. The van der Waals surface area contributed by atoms with Crippen LogP contribution in [-0.4, -0.2) is 29.7 Å². The molecule has 0 aliphatic carbocycles. The third-order valence-electron chi connectivity index (χ3n) is 4.75. The van der Waals surface area contributed by atoms with Gasteiger partial charge in [-0.25, -0.2) is 0 Å². The predicted molar refractivity (Wildman–Crippen MR) is 111 cm³/mol. The van der Waals surface area contributed by atoms with Gasteiger partial charge in [-0.1, -0.05) is 18.2 Å². The van der Waals surface area contributed by atoms with Crippen LogP contribution in [-0.2, 0) is 16.2 Å². The molecule has 4 rings (SSSR count). The van der Waals surface area contributed by atoms with Gasteiger partial charge in [0.05, 0.1) is 25.1 Å². The Morgan fingerprint density at radius 3 is 2.28 bits per heavy atom. The van der Waals surface area contributed by atoms with E-state index in [1.165, 1.54) is 25.6 Å². The maximum Gasteiger partial charge on any atom is 0.417 e. The average Bonchev–Trinajstić information content (AvgIpc) is 3.30. The second kappa shape index (κ2) is 8.12. The van der Waals surface area contributed by atoms with Crippen LogP contribution in [0.4, 0.5) is 13.2 Å². The lowest BCUT2D eigenvalue weighted by molar-refractivity contribution is -0.139.